The molecule has 16 heavy (non-hydrogen) atoms. The minimum atomic E-state index is -0.0366. The molecule has 2 rings (SSSR count). The lowest BCUT2D eigenvalue weighted by Crippen LogP contribution is -2.28. The van der Waals surface area contributed by atoms with E-state index >= 15 is 0 Å². The van der Waals surface area contributed by atoms with Crippen LogP contribution in [0.15, 0.2) is 16.5 Å². The van der Waals surface area contributed by atoms with E-state index in [-0.39, 0.29) is 11.1 Å². The van der Waals surface area contributed by atoms with Crippen LogP contribution < -0.4 is 0 Å². The van der Waals surface area contributed by atoms with E-state index < -0.39 is 0 Å². The highest BCUT2D eigenvalue weighted by molar-refractivity contribution is 6.29. The van der Waals surface area contributed by atoms with E-state index in [1.54, 1.807) is 12.1 Å². The molecule has 2 heterocycles. The fourth-order valence-corrected chi connectivity index (χ4v) is 2.39. The quantitative estimate of drug-likeness (QED) is 0.814. The topological polar surface area (TPSA) is 33.5 Å². The van der Waals surface area contributed by atoms with Crippen LogP contribution in [-0.2, 0) is 0 Å². The second-order valence-electron chi connectivity index (χ2n) is 4.30. The summed E-state index contributed by atoms with van der Waals surface area (Å²) >= 11 is 5.65. The molecule has 0 saturated carbocycles. The van der Waals surface area contributed by atoms with E-state index in [1.807, 2.05) is 4.90 Å². The van der Waals surface area contributed by atoms with Gasteiger partial charge < -0.3 is 9.32 Å². The van der Waals surface area contributed by atoms with E-state index in [0.717, 1.165) is 19.5 Å². The van der Waals surface area contributed by atoms with Crippen molar-refractivity contribution >= 4 is 17.5 Å². The maximum absolute atomic E-state index is 12.0. The highest BCUT2D eigenvalue weighted by atomic mass is 35.5. The Hall–Kier alpha value is -0.960. The lowest BCUT2D eigenvalue weighted by atomic mass is 10.0. The Labute approximate surface area is 100 Å². The molecule has 0 spiro atoms. The highest BCUT2D eigenvalue weighted by Crippen LogP contribution is 2.23. The van der Waals surface area contributed by atoms with E-state index in [9.17, 15) is 4.79 Å². The summed E-state index contributed by atoms with van der Waals surface area (Å²) < 4.78 is 5.13. The number of rotatable bonds is 3. The van der Waals surface area contributed by atoms with Crippen molar-refractivity contribution in [2.45, 2.75) is 26.2 Å². The molecule has 4 heteroatoms. The molecule has 1 aliphatic rings. The molecule has 88 valence electrons. The largest absolute Gasteiger partial charge is 0.440 e. The molecule has 0 aliphatic carbocycles. The maximum Gasteiger partial charge on any atom is 0.289 e. The Morgan fingerprint density at radius 1 is 1.62 bits per heavy atom. The average Bonchev–Trinajstić information content (AvgIpc) is 2.87. The van der Waals surface area contributed by atoms with Crippen LogP contribution in [0.5, 0.6) is 0 Å². The molecular weight excluding hydrogens is 226 g/mol. The Morgan fingerprint density at radius 2 is 2.44 bits per heavy atom. The summed E-state index contributed by atoms with van der Waals surface area (Å²) in [6, 6.07) is 3.24. The minimum Gasteiger partial charge on any atom is -0.440 e. The first-order valence-corrected chi connectivity index (χ1v) is 6.13. The zero-order valence-corrected chi connectivity index (χ0v) is 10.2. The highest BCUT2D eigenvalue weighted by Gasteiger charge is 2.27. The van der Waals surface area contributed by atoms with E-state index in [2.05, 4.69) is 6.92 Å². The summed E-state index contributed by atoms with van der Waals surface area (Å²) in [5.41, 5.74) is 0. The van der Waals surface area contributed by atoms with Gasteiger partial charge in [-0.2, -0.15) is 0 Å². The van der Waals surface area contributed by atoms with Crippen LogP contribution in [0.25, 0.3) is 0 Å². The molecule has 0 N–H and O–H groups in total. The first-order valence-electron chi connectivity index (χ1n) is 5.75. The smallest absolute Gasteiger partial charge is 0.289 e. The monoisotopic (exact) mass is 241 g/mol. The predicted octanol–water partition coefficient (Wildman–Crippen LogP) is 3.20. The van der Waals surface area contributed by atoms with Gasteiger partial charge in [0, 0.05) is 13.1 Å². The summed E-state index contributed by atoms with van der Waals surface area (Å²) in [5, 5.41) is 0.271. The molecule has 1 unspecified atom stereocenters. The van der Waals surface area contributed by atoms with Crippen LogP contribution in [0, 0.1) is 5.92 Å². The first-order chi connectivity index (χ1) is 7.70. The van der Waals surface area contributed by atoms with Crippen molar-refractivity contribution in [3.8, 4) is 0 Å². The van der Waals surface area contributed by atoms with Crippen LogP contribution in [-0.4, -0.2) is 23.9 Å². The Balaban J connectivity index is 1.97. The van der Waals surface area contributed by atoms with Crippen molar-refractivity contribution in [1.29, 1.82) is 0 Å². The van der Waals surface area contributed by atoms with Gasteiger partial charge in [-0.3, -0.25) is 4.79 Å². The van der Waals surface area contributed by atoms with Gasteiger partial charge in [-0.05, 0) is 42.5 Å². The van der Waals surface area contributed by atoms with Gasteiger partial charge in [0.2, 0.25) is 0 Å². The van der Waals surface area contributed by atoms with Crippen molar-refractivity contribution in [3.05, 3.63) is 23.1 Å². The molecule has 1 saturated heterocycles. The van der Waals surface area contributed by atoms with Crippen LogP contribution in [0.2, 0.25) is 5.22 Å². The number of likely N-dealkylation sites (tertiary alicyclic amines) is 1. The third-order valence-electron chi connectivity index (χ3n) is 3.05. The van der Waals surface area contributed by atoms with E-state index in [4.69, 9.17) is 16.0 Å². The van der Waals surface area contributed by atoms with Crippen LogP contribution >= 0.6 is 11.6 Å². The number of carbonyl (C=O) groups is 1. The molecule has 1 aromatic rings. The number of furan rings is 1. The zero-order valence-electron chi connectivity index (χ0n) is 9.41. The molecular formula is C12H16ClNO2. The number of hydrogen-bond acceptors (Lipinski definition) is 2. The summed E-state index contributed by atoms with van der Waals surface area (Å²) in [6.07, 6.45) is 3.48. The molecule has 0 radical (unpaired) electrons. The third-order valence-corrected chi connectivity index (χ3v) is 3.26. The Kier molecular flexibility index (Phi) is 3.54. The van der Waals surface area contributed by atoms with Gasteiger partial charge in [0.1, 0.15) is 0 Å². The van der Waals surface area contributed by atoms with E-state index in [1.165, 1.54) is 12.8 Å². The van der Waals surface area contributed by atoms with Crippen molar-refractivity contribution in [2.75, 3.05) is 13.1 Å². The van der Waals surface area contributed by atoms with Crippen molar-refractivity contribution < 1.29 is 9.21 Å². The van der Waals surface area contributed by atoms with Gasteiger partial charge in [0.25, 0.3) is 5.91 Å². The van der Waals surface area contributed by atoms with Gasteiger partial charge in [-0.25, -0.2) is 0 Å². The van der Waals surface area contributed by atoms with E-state index in [0.29, 0.717) is 11.7 Å². The molecule has 1 amide bonds. The predicted molar refractivity (Wildman–Crippen MR) is 62.6 cm³/mol. The standard InChI is InChI=1S/C12H16ClNO2/c1-2-3-9-6-7-14(8-9)12(15)10-4-5-11(13)16-10/h4-5,9H,2-3,6-8H2,1H3. The second-order valence-corrected chi connectivity index (χ2v) is 4.67. The lowest BCUT2D eigenvalue weighted by molar-refractivity contribution is 0.0755. The van der Waals surface area contributed by atoms with Crippen molar-refractivity contribution in [1.82, 2.24) is 4.90 Å². The van der Waals surface area contributed by atoms with Crippen LogP contribution in [0.4, 0.5) is 0 Å². The lowest BCUT2D eigenvalue weighted by Gasteiger charge is -2.14. The fraction of sp³-hybridized carbons (Fsp3) is 0.583. The molecule has 0 bridgehead atoms. The number of carbonyl (C=O) groups excluding carboxylic acids is 1. The summed E-state index contributed by atoms with van der Waals surface area (Å²) in [6.45, 7) is 3.86. The maximum atomic E-state index is 12.0. The first kappa shape index (κ1) is 11.5. The summed E-state index contributed by atoms with van der Waals surface area (Å²) in [7, 11) is 0. The molecule has 1 aliphatic heterocycles. The normalized spacial score (nSPS) is 20.4. The molecule has 1 atom stereocenters. The van der Waals surface area contributed by atoms with Gasteiger partial charge >= 0.3 is 0 Å². The number of amides is 1. The minimum absolute atomic E-state index is 0.0366. The van der Waals surface area contributed by atoms with Crippen LogP contribution in [0.1, 0.15) is 36.7 Å². The van der Waals surface area contributed by atoms with Gasteiger partial charge in [0.15, 0.2) is 11.0 Å². The Bertz CT molecular complexity index is 375. The second kappa shape index (κ2) is 4.91. The number of nitrogens with zero attached hydrogens (tertiary/aromatic N) is 1. The van der Waals surface area contributed by atoms with Gasteiger partial charge in [0.05, 0.1) is 0 Å². The average molecular weight is 242 g/mol. The van der Waals surface area contributed by atoms with Crippen molar-refractivity contribution in [3.63, 3.8) is 0 Å². The fourth-order valence-electron chi connectivity index (χ4n) is 2.25. The zero-order chi connectivity index (χ0) is 11.5. The number of hydrogen-bond donors (Lipinski definition) is 0. The molecule has 1 aromatic heterocycles. The van der Waals surface area contributed by atoms with Gasteiger partial charge in [-0.1, -0.05) is 13.3 Å². The van der Waals surface area contributed by atoms with Crippen LogP contribution in [0.3, 0.4) is 0 Å². The van der Waals surface area contributed by atoms with Gasteiger partial charge in [-0.15, -0.1) is 0 Å². The molecule has 0 aromatic carbocycles. The SMILES string of the molecule is CCCC1CCN(C(=O)c2ccc(Cl)o2)C1. The third kappa shape index (κ3) is 2.40. The Morgan fingerprint density at radius 3 is 3.06 bits per heavy atom. The summed E-state index contributed by atoms with van der Waals surface area (Å²) in [4.78, 5) is 13.8. The molecule has 3 nitrogen and oxygen atoms in total. The van der Waals surface area contributed by atoms with Crippen molar-refractivity contribution in [2.24, 2.45) is 5.92 Å². The number of halogens is 1. The molecule has 1 fully saturated rings. The summed E-state index contributed by atoms with van der Waals surface area (Å²) in [5.74, 6) is 0.965.